The molecular weight excluding hydrogens is 302 g/mol. The normalized spacial score (nSPS) is 11.9. The summed E-state index contributed by atoms with van der Waals surface area (Å²) in [5, 5.41) is 3.05. The van der Waals surface area contributed by atoms with E-state index in [1.807, 2.05) is 32.0 Å². The van der Waals surface area contributed by atoms with E-state index in [-0.39, 0.29) is 5.91 Å². The lowest BCUT2D eigenvalue weighted by atomic mass is 9.83. The lowest BCUT2D eigenvalue weighted by molar-refractivity contribution is -0.146. The molecule has 0 aromatic heterocycles. The van der Waals surface area contributed by atoms with E-state index in [1.54, 1.807) is 7.11 Å². The second-order valence-electron chi connectivity index (χ2n) is 7.26. The summed E-state index contributed by atoms with van der Waals surface area (Å²) in [5.41, 5.74) is 0.977. The second-order valence-corrected chi connectivity index (χ2v) is 7.26. The Morgan fingerprint density at radius 1 is 1.17 bits per heavy atom. The number of rotatable bonds is 9. The van der Waals surface area contributed by atoms with Gasteiger partial charge in [0.15, 0.2) is 0 Å². The first-order chi connectivity index (χ1) is 11.2. The molecule has 0 heterocycles. The van der Waals surface area contributed by atoms with Crippen molar-refractivity contribution in [3.8, 4) is 5.75 Å². The van der Waals surface area contributed by atoms with E-state index in [4.69, 9.17) is 9.47 Å². The molecule has 4 nitrogen and oxygen atoms in total. The van der Waals surface area contributed by atoms with E-state index in [9.17, 15) is 4.79 Å². The number of hydrogen-bond donors (Lipinski definition) is 1. The fraction of sp³-hybridized carbons (Fsp3) is 0.650. The van der Waals surface area contributed by atoms with Crippen LogP contribution < -0.4 is 10.1 Å². The monoisotopic (exact) mass is 335 g/mol. The number of nitrogens with one attached hydrogen (secondary N) is 1. The highest BCUT2D eigenvalue weighted by Crippen LogP contribution is 2.31. The van der Waals surface area contributed by atoms with Gasteiger partial charge in [0.2, 0.25) is 0 Å². The van der Waals surface area contributed by atoms with Crippen LogP contribution in [0, 0.1) is 18.8 Å². The molecule has 0 radical (unpaired) electrons. The van der Waals surface area contributed by atoms with Gasteiger partial charge in [-0.05, 0) is 62.3 Å². The number of methoxy groups -OCH3 is 1. The van der Waals surface area contributed by atoms with Gasteiger partial charge in [-0.25, -0.2) is 0 Å². The van der Waals surface area contributed by atoms with Gasteiger partial charge in [-0.2, -0.15) is 0 Å². The summed E-state index contributed by atoms with van der Waals surface area (Å²) in [5.74, 6) is 1.50. The lowest BCUT2D eigenvalue weighted by Gasteiger charge is -2.35. The zero-order valence-corrected chi connectivity index (χ0v) is 16.2. The standard InChI is InChI=1S/C20H33NO3/c1-8-24-20(12-14(2)3,13-15(4)5)19(22)21-17-9-10-18(23-7)16(6)11-17/h9-11,14-15H,8,12-13H2,1-7H3,(H,21,22). The Hall–Kier alpha value is -1.55. The molecule has 4 heteroatoms. The number of benzene rings is 1. The van der Waals surface area contributed by atoms with Crippen LogP contribution in [0.5, 0.6) is 5.75 Å². The summed E-state index contributed by atoms with van der Waals surface area (Å²) in [7, 11) is 1.64. The van der Waals surface area contributed by atoms with Gasteiger partial charge in [0, 0.05) is 12.3 Å². The predicted molar refractivity (Wildman–Crippen MR) is 99.6 cm³/mol. The Labute approximate surface area is 146 Å². The number of amides is 1. The molecule has 24 heavy (non-hydrogen) atoms. The van der Waals surface area contributed by atoms with Crippen LogP contribution in [0.2, 0.25) is 0 Å². The first kappa shape index (κ1) is 20.5. The van der Waals surface area contributed by atoms with Gasteiger partial charge in [-0.1, -0.05) is 27.7 Å². The molecule has 0 saturated carbocycles. The first-order valence-corrected chi connectivity index (χ1v) is 8.84. The van der Waals surface area contributed by atoms with Gasteiger partial charge in [0.05, 0.1) is 7.11 Å². The minimum atomic E-state index is -0.787. The van der Waals surface area contributed by atoms with Crippen molar-refractivity contribution in [2.75, 3.05) is 19.0 Å². The predicted octanol–water partition coefficient (Wildman–Crippen LogP) is 4.81. The summed E-state index contributed by atoms with van der Waals surface area (Å²) in [6.45, 7) is 12.9. The highest BCUT2D eigenvalue weighted by atomic mass is 16.5. The van der Waals surface area contributed by atoms with Gasteiger partial charge in [0.1, 0.15) is 11.4 Å². The van der Waals surface area contributed by atoms with Gasteiger partial charge >= 0.3 is 0 Å². The van der Waals surface area contributed by atoms with Crippen molar-refractivity contribution in [2.45, 2.75) is 60.0 Å². The molecular formula is C20H33NO3. The molecule has 0 spiro atoms. The van der Waals surface area contributed by atoms with Gasteiger partial charge in [-0.15, -0.1) is 0 Å². The average Bonchev–Trinajstić information content (AvgIpc) is 2.46. The van der Waals surface area contributed by atoms with E-state index in [2.05, 4.69) is 33.0 Å². The summed E-state index contributed by atoms with van der Waals surface area (Å²) in [6.07, 6.45) is 1.42. The third-order valence-corrected chi connectivity index (χ3v) is 3.96. The highest BCUT2D eigenvalue weighted by Gasteiger charge is 2.40. The van der Waals surface area contributed by atoms with E-state index in [1.165, 1.54) is 0 Å². The molecule has 0 aliphatic heterocycles. The molecule has 1 aromatic rings. The Morgan fingerprint density at radius 3 is 2.17 bits per heavy atom. The van der Waals surface area contributed by atoms with E-state index in [0.717, 1.165) is 17.0 Å². The van der Waals surface area contributed by atoms with Crippen LogP contribution in [0.1, 0.15) is 53.0 Å². The highest BCUT2D eigenvalue weighted by molar-refractivity contribution is 5.97. The topological polar surface area (TPSA) is 47.6 Å². The number of ether oxygens (including phenoxy) is 2. The Balaban J connectivity index is 3.07. The second kappa shape index (κ2) is 9.07. The summed E-state index contributed by atoms with van der Waals surface area (Å²) in [4.78, 5) is 13.1. The molecule has 1 rings (SSSR count). The third kappa shape index (κ3) is 5.52. The maximum atomic E-state index is 13.1. The zero-order chi connectivity index (χ0) is 18.3. The summed E-state index contributed by atoms with van der Waals surface area (Å²) < 4.78 is 11.3. The van der Waals surface area contributed by atoms with Gasteiger partial charge in [-0.3, -0.25) is 4.79 Å². The first-order valence-electron chi connectivity index (χ1n) is 8.84. The molecule has 1 N–H and O–H groups in total. The molecule has 136 valence electrons. The van der Waals surface area contributed by atoms with Crippen LogP contribution in [-0.4, -0.2) is 25.2 Å². The van der Waals surface area contributed by atoms with Crippen LogP contribution in [0.3, 0.4) is 0 Å². The SMILES string of the molecule is CCOC(CC(C)C)(CC(C)C)C(=O)Nc1ccc(OC)c(C)c1. The van der Waals surface area contributed by atoms with Crippen molar-refractivity contribution in [2.24, 2.45) is 11.8 Å². The fourth-order valence-electron chi connectivity index (χ4n) is 3.25. The molecule has 0 fully saturated rings. The van der Waals surface area contributed by atoms with Crippen molar-refractivity contribution in [3.63, 3.8) is 0 Å². The van der Waals surface area contributed by atoms with E-state index >= 15 is 0 Å². The third-order valence-electron chi connectivity index (χ3n) is 3.96. The molecule has 1 aromatic carbocycles. The zero-order valence-electron chi connectivity index (χ0n) is 16.2. The summed E-state index contributed by atoms with van der Waals surface area (Å²) in [6, 6.07) is 5.67. The minimum Gasteiger partial charge on any atom is -0.496 e. The molecule has 0 aliphatic rings. The summed E-state index contributed by atoms with van der Waals surface area (Å²) >= 11 is 0. The van der Waals surface area contributed by atoms with E-state index in [0.29, 0.717) is 31.3 Å². The molecule has 0 unspecified atom stereocenters. The lowest BCUT2D eigenvalue weighted by Crippen LogP contribution is -2.47. The maximum Gasteiger partial charge on any atom is 0.256 e. The van der Waals surface area contributed by atoms with Crippen molar-refractivity contribution in [1.29, 1.82) is 0 Å². The smallest absolute Gasteiger partial charge is 0.256 e. The number of carbonyl (C=O) groups excluding carboxylic acids is 1. The molecule has 0 saturated heterocycles. The Kier molecular flexibility index (Phi) is 7.74. The largest absolute Gasteiger partial charge is 0.496 e. The number of hydrogen-bond acceptors (Lipinski definition) is 3. The van der Waals surface area contributed by atoms with Crippen LogP contribution in [0.25, 0.3) is 0 Å². The molecule has 1 amide bonds. The van der Waals surface area contributed by atoms with Gasteiger partial charge in [0.25, 0.3) is 5.91 Å². The molecule has 0 atom stereocenters. The van der Waals surface area contributed by atoms with Crippen LogP contribution in [0.4, 0.5) is 5.69 Å². The maximum absolute atomic E-state index is 13.1. The fourth-order valence-corrected chi connectivity index (χ4v) is 3.25. The van der Waals surface area contributed by atoms with Crippen molar-refractivity contribution in [3.05, 3.63) is 23.8 Å². The van der Waals surface area contributed by atoms with Crippen molar-refractivity contribution >= 4 is 11.6 Å². The number of anilines is 1. The van der Waals surface area contributed by atoms with Crippen molar-refractivity contribution in [1.82, 2.24) is 0 Å². The van der Waals surface area contributed by atoms with Crippen LogP contribution in [-0.2, 0) is 9.53 Å². The molecule has 0 aliphatic carbocycles. The Morgan fingerprint density at radius 2 is 1.75 bits per heavy atom. The van der Waals surface area contributed by atoms with E-state index < -0.39 is 5.60 Å². The van der Waals surface area contributed by atoms with Crippen LogP contribution >= 0.6 is 0 Å². The van der Waals surface area contributed by atoms with Crippen molar-refractivity contribution < 1.29 is 14.3 Å². The van der Waals surface area contributed by atoms with Crippen LogP contribution in [0.15, 0.2) is 18.2 Å². The number of carbonyl (C=O) groups is 1. The average molecular weight is 335 g/mol. The quantitative estimate of drug-likeness (QED) is 0.704. The van der Waals surface area contributed by atoms with Gasteiger partial charge < -0.3 is 14.8 Å². The number of aryl methyl sites for hydroxylation is 1. The minimum absolute atomic E-state index is 0.0590. The molecule has 0 bridgehead atoms. The Bertz CT molecular complexity index is 528.